The molecule has 13 rings (SSSR count). The molecule has 6 aliphatic heterocycles. The monoisotopic (exact) mass is 1240 g/mol. The predicted octanol–water partition coefficient (Wildman–Crippen LogP) is 8.18. The number of aromatic nitrogens is 2. The number of carbonyl (C=O) groups excluding carboxylic acids is 3. The van der Waals surface area contributed by atoms with E-state index in [0.29, 0.717) is 97.2 Å². The molecule has 6 aliphatic rings. The van der Waals surface area contributed by atoms with Crippen molar-refractivity contribution >= 4 is 98.7 Å². The molecule has 0 saturated carbocycles. The summed E-state index contributed by atoms with van der Waals surface area (Å²) in [4.78, 5) is 62.5. The van der Waals surface area contributed by atoms with Gasteiger partial charge in [0.05, 0.1) is 13.2 Å². The maximum absolute atomic E-state index is 14.2. The molecule has 26 heteroatoms. The number of benzene rings is 5. The standard InChI is InChI=1S/C61H64F4N10O9Si3/c1-79-30-31-80-32-33-81-37-49(77)67-29-17-35-86(4,5)84-87(83-85(2,3)34-16-28-66-48(76)26-14-15-27-50(78)82-53-51(64)46(62)36-47(63)52(53)65)72-54-38-18-6-7-19-39(38)55(72)69-57-42-22-10-11-23-43(42)59(74(57)87)71-61-45-25-13-12-24-44(45)60(75(61)87)70-58-41-21-9-8-20-40(41)56(68-54)73(58)87/h6-13,18-25,36H,14-17,26-35,37H2,1-5H3,(H,66,76)(H,67,77). The van der Waals surface area contributed by atoms with Crippen molar-refractivity contribution in [2.24, 2.45) is 20.0 Å². The van der Waals surface area contributed by atoms with Gasteiger partial charge in [0.1, 0.15) is 0 Å². The molecule has 2 amide bonds. The first kappa shape index (κ1) is 58.1. The van der Waals surface area contributed by atoms with Crippen LogP contribution in [0.3, 0.4) is 0 Å². The number of carbonyl (C=O) groups is 3. The molecule has 0 unspecified atom stereocenters. The summed E-state index contributed by atoms with van der Waals surface area (Å²) in [5, 5.41) is 9.48. The Labute approximate surface area is 498 Å². The number of nitrogens with zero attached hydrogens (tertiary/aromatic N) is 8. The van der Waals surface area contributed by atoms with Crippen molar-refractivity contribution in [3.05, 3.63) is 160 Å². The van der Waals surface area contributed by atoms with Crippen LogP contribution in [0, 0.1) is 23.3 Å². The summed E-state index contributed by atoms with van der Waals surface area (Å²) in [5.41, 5.74) is 4.53. The zero-order valence-corrected chi connectivity index (χ0v) is 51.7. The molecule has 0 radical (unpaired) electrons. The molecule has 1 spiro atoms. The Hall–Kier alpha value is -7.96. The van der Waals surface area contributed by atoms with Crippen molar-refractivity contribution in [2.75, 3.05) is 53.2 Å². The van der Waals surface area contributed by atoms with Crippen molar-refractivity contribution < 1.29 is 67.6 Å². The second-order valence-electron chi connectivity index (χ2n) is 23.7. The molecule has 0 saturated heterocycles. The molecule has 0 aliphatic carbocycles. The van der Waals surface area contributed by atoms with Gasteiger partial charge in [0.15, 0.2) is 11.6 Å². The van der Waals surface area contributed by atoms with Crippen LogP contribution < -0.4 is 26.3 Å². The third-order valence-electron chi connectivity index (χ3n) is 17.0. The molecule has 0 bridgehead atoms. The van der Waals surface area contributed by atoms with Gasteiger partial charge < -0.3 is 9.47 Å². The SMILES string of the molecule is COCCOCCOCC(=O)NCCC[Si](C)(C)O[Si-2]123(O[Si](C)(C)CCCNC(=O)CCCCC(=O)Oc4c(F)c(F)cc(F)c4F)n4c5c6ccccc6c4N=C4c6ccccc6C(=[N+]41)N=c1c4ccccc4c(n12)=NC1=[N+]3C(=N5)c2ccccc21. The molecule has 452 valence electrons. The van der Waals surface area contributed by atoms with Gasteiger partial charge in [-0.15, -0.1) is 0 Å². The minimum absolute atomic E-state index is 0.00984. The van der Waals surface area contributed by atoms with Crippen LogP contribution in [0.15, 0.2) is 123 Å². The van der Waals surface area contributed by atoms with Gasteiger partial charge in [-0.1, -0.05) is 0 Å². The molecule has 2 N–H and O–H groups in total. The molecule has 87 heavy (non-hydrogen) atoms. The molecular formula is C61H64F4N10O9Si3. The third-order valence-corrected chi connectivity index (χ3v) is 33.7. The fourth-order valence-electron chi connectivity index (χ4n) is 13.8. The minimum atomic E-state index is -7.05. The fraction of sp³-hybridized carbons (Fsp3) is 0.328. The zero-order valence-electron chi connectivity index (χ0n) is 48.7. The maximum atomic E-state index is 14.2. The number of fused-ring (bicyclic) bond motifs is 12. The van der Waals surface area contributed by atoms with Gasteiger partial charge in [-0.05, 0) is 0 Å². The third kappa shape index (κ3) is 8.68. The average molecular weight is 1240 g/mol. The molecule has 0 atom stereocenters. The van der Waals surface area contributed by atoms with Crippen molar-refractivity contribution in [2.45, 2.75) is 76.8 Å². The number of amides is 2. The van der Waals surface area contributed by atoms with E-state index >= 15 is 0 Å². The van der Waals surface area contributed by atoms with E-state index in [1.54, 1.807) is 7.11 Å². The van der Waals surface area contributed by atoms with Crippen LogP contribution in [-0.2, 0) is 36.8 Å². The molecule has 19 nitrogen and oxygen atoms in total. The van der Waals surface area contributed by atoms with Gasteiger partial charge in [-0.3, -0.25) is 4.79 Å². The van der Waals surface area contributed by atoms with Crippen LogP contribution in [-0.4, -0.2) is 136 Å². The molecule has 5 aromatic carbocycles. The Morgan fingerprint density at radius 3 is 1.54 bits per heavy atom. The number of unbranched alkanes of at least 4 members (excludes halogenated alkanes) is 1. The number of aliphatic imine (C=N–C) groups is 2. The van der Waals surface area contributed by atoms with Crippen molar-refractivity contribution in [1.29, 1.82) is 0 Å². The Morgan fingerprint density at radius 2 is 1.01 bits per heavy atom. The summed E-state index contributed by atoms with van der Waals surface area (Å²) >= 11 is 0. The van der Waals surface area contributed by atoms with Crippen molar-refractivity contribution in [3.8, 4) is 5.75 Å². The van der Waals surface area contributed by atoms with E-state index < -0.39 is 59.4 Å². The first-order valence-corrected chi connectivity index (χ1v) is 38.1. The summed E-state index contributed by atoms with van der Waals surface area (Å²) in [7, 11) is -12.2. The van der Waals surface area contributed by atoms with E-state index in [9.17, 15) is 31.9 Å². The second kappa shape index (κ2) is 21.4. The number of methoxy groups -OCH3 is 1. The van der Waals surface area contributed by atoms with Crippen LogP contribution in [0.25, 0.3) is 21.5 Å². The van der Waals surface area contributed by atoms with Gasteiger partial charge in [0.25, 0.3) is 0 Å². The van der Waals surface area contributed by atoms with Crippen molar-refractivity contribution in [1.82, 2.24) is 19.1 Å². The Kier molecular flexibility index (Phi) is 14.3. The topological polar surface area (TPSA) is 196 Å². The summed E-state index contributed by atoms with van der Waals surface area (Å²) in [6.45, 7) is 10.7. The molecule has 7 aromatic rings. The number of esters is 1. The van der Waals surface area contributed by atoms with Gasteiger partial charge in [-0.25, -0.2) is 8.78 Å². The molecule has 0 fully saturated rings. The summed E-state index contributed by atoms with van der Waals surface area (Å²) in [6, 6.07) is 33.7. The van der Waals surface area contributed by atoms with Gasteiger partial charge in [0, 0.05) is 13.2 Å². The van der Waals surface area contributed by atoms with Crippen LogP contribution >= 0.6 is 0 Å². The summed E-state index contributed by atoms with van der Waals surface area (Å²) < 4.78 is 104. The Bertz CT molecular complexity index is 4210. The van der Waals surface area contributed by atoms with E-state index in [0.717, 1.165) is 43.8 Å². The Balaban J connectivity index is 0.917. The van der Waals surface area contributed by atoms with E-state index in [4.69, 9.17) is 42.4 Å². The Morgan fingerprint density at radius 1 is 0.552 bits per heavy atom. The molecule has 2 aromatic heterocycles. The summed E-state index contributed by atoms with van der Waals surface area (Å²) in [5.74, 6) is -6.58. The normalized spacial score (nSPS) is 17.2. The van der Waals surface area contributed by atoms with Gasteiger partial charge in [-0.2, -0.15) is 8.78 Å². The van der Waals surface area contributed by atoms with E-state index in [-0.39, 0.29) is 63.3 Å². The fourth-order valence-corrected chi connectivity index (χ4v) is 36.1. The van der Waals surface area contributed by atoms with E-state index in [2.05, 4.69) is 107 Å². The summed E-state index contributed by atoms with van der Waals surface area (Å²) in [6.07, 6.45) is 0.950. The first-order valence-electron chi connectivity index (χ1n) is 29.3. The second-order valence-corrected chi connectivity index (χ2v) is 38.0. The number of ether oxygens (including phenoxy) is 4. The van der Waals surface area contributed by atoms with Gasteiger partial charge >= 0.3 is 414 Å². The first-order chi connectivity index (χ1) is 41.9. The number of halogens is 4. The number of rotatable bonds is 26. The number of nitrogens with one attached hydrogen (secondary N) is 2. The van der Waals surface area contributed by atoms with Crippen molar-refractivity contribution in [3.63, 3.8) is 0 Å². The van der Waals surface area contributed by atoms with Gasteiger partial charge in [0.2, 0.25) is 17.4 Å². The predicted molar refractivity (Wildman–Crippen MR) is 323 cm³/mol. The van der Waals surface area contributed by atoms with Crippen LogP contribution in [0.1, 0.15) is 60.8 Å². The quantitative estimate of drug-likeness (QED) is 0.0134. The zero-order chi connectivity index (χ0) is 60.7. The average Bonchev–Trinajstić information content (AvgIpc) is 1.34. The van der Waals surface area contributed by atoms with E-state index in [1.807, 2.05) is 48.5 Å². The van der Waals surface area contributed by atoms with Crippen LogP contribution in [0.4, 0.5) is 29.2 Å². The molecule has 8 heterocycles. The number of amidine groups is 4. The van der Waals surface area contributed by atoms with Crippen LogP contribution in [0.2, 0.25) is 38.3 Å². The molecular weight excluding hydrogens is 1180 g/mol. The van der Waals surface area contributed by atoms with E-state index in [1.165, 1.54) is 0 Å². The van der Waals surface area contributed by atoms with Crippen LogP contribution in [0.5, 0.6) is 5.75 Å². The number of hydrogen-bond acceptors (Lipinski definition) is 13. The number of hydrogen-bond donors (Lipinski definition) is 2.